The summed E-state index contributed by atoms with van der Waals surface area (Å²) in [6.45, 7) is 8.71. The summed E-state index contributed by atoms with van der Waals surface area (Å²) in [5, 5.41) is 7.78. The van der Waals surface area contributed by atoms with E-state index >= 15 is 0 Å². The highest BCUT2D eigenvalue weighted by molar-refractivity contribution is 5.78. The molecule has 1 N–H and O–H groups in total. The first kappa shape index (κ1) is 18.2. The third-order valence-electron chi connectivity index (χ3n) is 6.00. The van der Waals surface area contributed by atoms with Crippen LogP contribution in [-0.2, 0) is 31.0 Å². The molecule has 1 aromatic heterocycles. The van der Waals surface area contributed by atoms with Gasteiger partial charge in [-0.2, -0.15) is 5.10 Å². The highest BCUT2D eigenvalue weighted by Crippen LogP contribution is 2.25. The Morgan fingerprint density at radius 3 is 2.81 bits per heavy atom. The van der Waals surface area contributed by atoms with E-state index in [9.17, 15) is 4.79 Å². The van der Waals surface area contributed by atoms with E-state index in [0.717, 1.165) is 44.7 Å². The van der Waals surface area contributed by atoms with Gasteiger partial charge in [-0.05, 0) is 43.9 Å². The molecule has 4 rings (SSSR count). The van der Waals surface area contributed by atoms with Crippen molar-refractivity contribution in [3.05, 3.63) is 52.3 Å². The zero-order valence-corrected chi connectivity index (χ0v) is 16.5. The van der Waals surface area contributed by atoms with Crippen molar-refractivity contribution in [2.24, 2.45) is 5.92 Å². The van der Waals surface area contributed by atoms with Gasteiger partial charge in [0.25, 0.3) is 0 Å². The van der Waals surface area contributed by atoms with Crippen LogP contribution in [0.25, 0.3) is 0 Å². The predicted octanol–water partition coefficient (Wildman–Crippen LogP) is 3.32. The van der Waals surface area contributed by atoms with E-state index in [1.54, 1.807) is 0 Å². The minimum absolute atomic E-state index is 0.204. The van der Waals surface area contributed by atoms with Crippen LogP contribution in [0, 0.1) is 19.8 Å². The van der Waals surface area contributed by atoms with Crippen molar-refractivity contribution in [3.63, 3.8) is 0 Å². The summed E-state index contributed by atoms with van der Waals surface area (Å²) in [5.74, 6) is 0.422. The Bertz CT molecular complexity index is 820. The first-order chi connectivity index (χ1) is 13.1. The number of carbonyl (C=O) groups is 1. The lowest BCUT2D eigenvalue weighted by molar-refractivity contribution is -0.124. The highest BCUT2D eigenvalue weighted by Gasteiger charge is 2.23. The summed E-state index contributed by atoms with van der Waals surface area (Å²) in [4.78, 5) is 14.7. The van der Waals surface area contributed by atoms with Crippen molar-refractivity contribution in [1.29, 1.82) is 0 Å². The Morgan fingerprint density at radius 2 is 2.00 bits per heavy atom. The molecule has 5 nitrogen and oxygen atoms in total. The molecule has 1 amide bonds. The van der Waals surface area contributed by atoms with Gasteiger partial charge in [0, 0.05) is 25.6 Å². The maximum Gasteiger partial charge on any atom is 0.223 e. The van der Waals surface area contributed by atoms with Crippen LogP contribution in [0.3, 0.4) is 0 Å². The van der Waals surface area contributed by atoms with Crippen LogP contribution in [0.4, 0.5) is 0 Å². The zero-order chi connectivity index (χ0) is 18.8. The van der Waals surface area contributed by atoms with Gasteiger partial charge in [-0.3, -0.25) is 14.4 Å². The molecule has 27 heavy (non-hydrogen) atoms. The van der Waals surface area contributed by atoms with Crippen LogP contribution in [0.2, 0.25) is 0 Å². The van der Waals surface area contributed by atoms with Crippen LogP contribution in [-0.4, -0.2) is 27.1 Å². The molecule has 1 saturated carbocycles. The second kappa shape index (κ2) is 7.85. The summed E-state index contributed by atoms with van der Waals surface area (Å²) in [5.41, 5.74) is 6.31. The average molecular weight is 367 g/mol. The normalized spacial score (nSPS) is 17.9. The monoisotopic (exact) mass is 366 g/mol. The lowest BCUT2D eigenvalue weighted by atomic mass is 10.0. The number of rotatable bonds is 5. The topological polar surface area (TPSA) is 50.2 Å². The van der Waals surface area contributed by atoms with E-state index in [4.69, 9.17) is 5.10 Å². The maximum atomic E-state index is 12.2. The smallest absolute Gasteiger partial charge is 0.223 e. The molecule has 5 heteroatoms. The van der Waals surface area contributed by atoms with E-state index in [0.29, 0.717) is 6.54 Å². The largest absolute Gasteiger partial charge is 0.350 e. The Labute approximate surface area is 161 Å². The molecular weight excluding hydrogens is 336 g/mol. The Balaban J connectivity index is 1.36. The standard InChI is InChI=1S/C22H30N4O/c1-16-7-8-17(2)19(11-16)14-25-9-10-26-21(15-25)12-20(24-26)13-23-22(27)18-5-3-4-6-18/h7-8,11-12,18H,3-6,9-10,13-15H2,1-2H3,(H,23,27). The molecule has 1 aliphatic heterocycles. The molecule has 0 spiro atoms. The first-order valence-corrected chi connectivity index (χ1v) is 10.2. The van der Waals surface area contributed by atoms with Gasteiger partial charge in [-0.1, -0.05) is 36.6 Å². The third kappa shape index (κ3) is 4.24. The summed E-state index contributed by atoms with van der Waals surface area (Å²) < 4.78 is 2.11. The van der Waals surface area contributed by atoms with Gasteiger partial charge >= 0.3 is 0 Å². The number of aromatic nitrogens is 2. The molecule has 2 aliphatic rings. The average Bonchev–Trinajstić information content (AvgIpc) is 3.32. The molecule has 1 fully saturated rings. The molecule has 1 aromatic carbocycles. The van der Waals surface area contributed by atoms with Gasteiger partial charge in [-0.15, -0.1) is 0 Å². The van der Waals surface area contributed by atoms with Crippen molar-refractivity contribution < 1.29 is 4.79 Å². The molecule has 2 aromatic rings. The van der Waals surface area contributed by atoms with Crippen molar-refractivity contribution >= 4 is 5.91 Å². The Hall–Kier alpha value is -2.14. The predicted molar refractivity (Wildman–Crippen MR) is 106 cm³/mol. The van der Waals surface area contributed by atoms with E-state index < -0.39 is 0 Å². The minimum Gasteiger partial charge on any atom is -0.350 e. The highest BCUT2D eigenvalue weighted by atomic mass is 16.1. The number of hydrogen-bond acceptors (Lipinski definition) is 3. The van der Waals surface area contributed by atoms with Gasteiger partial charge in [0.2, 0.25) is 5.91 Å². The Morgan fingerprint density at radius 1 is 1.19 bits per heavy atom. The fourth-order valence-corrected chi connectivity index (χ4v) is 4.32. The SMILES string of the molecule is Cc1ccc(C)c(CN2CCn3nc(CNC(=O)C4CCCC4)cc3C2)c1. The van der Waals surface area contributed by atoms with Crippen LogP contribution < -0.4 is 5.32 Å². The molecule has 0 atom stereocenters. The van der Waals surface area contributed by atoms with Gasteiger partial charge in [-0.25, -0.2) is 0 Å². The second-order valence-electron chi connectivity index (χ2n) is 8.19. The number of aryl methyl sites for hydroxylation is 2. The van der Waals surface area contributed by atoms with Crippen molar-refractivity contribution in [2.75, 3.05) is 6.54 Å². The zero-order valence-electron chi connectivity index (χ0n) is 16.5. The first-order valence-electron chi connectivity index (χ1n) is 10.2. The lowest BCUT2D eigenvalue weighted by Gasteiger charge is -2.28. The number of nitrogens with zero attached hydrogens (tertiary/aromatic N) is 3. The number of fused-ring (bicyclic) bond motifs is 1. The Kier molecular flexibility index (Phi) is 5.30. The molecule has 144 valence electrons. The van der Waals surface area contributed by atoms with Gasteiger partial charge in [0.15, 0.2) is 0 Å². The molecule has 1 aliphatic carbocycles. The van der Waals surface area contributed by atoms with E-state index in [-0.39, 0.29) is 11.8 Å². The fraction of sp³-hybridized carbons (Fsp3) is 0.545. The molecule has 0 bridgehead atoms. The number of benzene rings is 1. The van der Waals surface area contributed by atoms with E-state index in [2.05, 4.69) is 53.0 Å². The maximum absolute atomic E-state index is 12.2. The number of nitrogens with one attached hydrogen (secondary N) is 1. The van der Waals surface area contributed by atoms with Gasteiger partial charge in [0.05, 0.1) is 24.5 Å². The molecular formula is C22H30N4O. The van der Waals surface area contributed by atoms with Crippen molar-refractivity contribution in [2.45, 2.75) is 65.7 Å². The third-order valence-corrected chi connectivity index (χ3v) is 6.00. The van der Waals surface area contributed by atoms with Crippen LogP contribution in [0.15, 0.2) is 24.3 Å². The van der Waals surface area contributed by atoms with Gasteiger partial charge < -0.3 is 5.32 Å². The number of hydrogen-bond donors (Lipinski definition) is 1. The summed E-state index contributed by atoms with van der Waals surface area (Å²) in [6.07, 6.45) is 4.46. The fourth-order valence-electron chi connectivity index (χ4n) is 4.32. The molecule has 0 unspecified atom stereocenters. The van der Waals surface area contributed by atoms with Crippen molar-refractivity contribution in [3.8, 4) is 0 Å². The van der Waals surface area contributed by atoms with Crippen LogP contribution in [0.1, 0.15) is 53.8 Å². The molecule has 0 saturated heterocycles. The van der Waals surface area contributed by atoms with Gasteiger partial charge in [0.1, 0.15) is 0 Å². The second-order valence-corrected chi connectivity index (χ2v) is 8.19. The molecule has 2 heterocycles. The summed E-state index contributed by atoms with van der Waals surface area (Å²) in [6, 6.07) is 8.84. The number of amides is 1. The van der Waals surface area contributed by atoms with E-state index in [1.807, 2.05) is 0 Å². The van der Waals surface area contributed by atoms with Crippen molar-refractivity contribution in [1.82, 2.24) is 20.0 Å². The minimum atomic E-state index is 0.204. The lowest BCUT2D eigenvalue weighted by Crippen LogP contribution is -2.33. The van der Waals surface area contributed by atoms with E-state index in [1.165, 1.54) is 35.2 Å². The van der Waals surface area contributed by atoms with Crippen LogP contribution in [0.5, 0.6) is 0 Å². The summed E-state index contributed by atoms with van der Waals surface area (Å²) in [7, 11) is 0. The molecule has 0 radical (unpaired) electrons. The van der Waals surface area contributed by atoms with Crippen LogP contribution >= 0.6 is 0 Å². The quantitative estimate of drug-likeness (QED) is 0.883. The number of carbonyl (C=O) groups excluding carboxylic acids is 1. The summed E-state index contributed by atoms with van der Waals surface area (Å²) >= 11 is 0.